The molecule has 0 radical (unpaired) electrons. The fraction of sp³-hybridized carbons (Fsp3) is 0.562. The van der Waals surface area contributed by atoms with Crippen LogP contribution in [0.3, 0.4) is 0 Å². The summed E-state index contributed by atoms with van der Waals surface area (Å²) in [6.07, 6.45) is 2.23. The third-order valence-electron chi connectivity index (χ3n) is 4.42. The zero-order chi connectivity index (χ0) is 16.4. The van der Waals surface area contributed by atoms with Crippen LogP contribution >= 0.6 is 0 Å². The van der Waals surface area contributed by atoms with Gasteiger partial charge in [0, 0.05) is 19.6 Å². The third kappa shape index (κ3) is 3.91. The van der Waals surface area contributed by atoms with Crippen LogP contribution < -0.4 is 4.72 Å². The second kappa shape index (κ2) is 6.59. The standard InChI is InChI=1S/C16H24N4O2S/c1-3-20-15-7-5-4-6-14(15)18-16(20)12-19-9-8-13(11-19)10-17-23(2,21)22/h4-7,13,17H,3,8-12H2,1-2H3/t13-/m1/s1. The second-order valence-corrected chi connectivity index (χ2v) is 8.10. The molecule has 1 N–H and O–H groups in total. The van der Waals surface area contributed by atoms with Gasteiger partial charge in [-0.15, -0.1) is 0 Å². The molecule has 1 aliphatic rings. The number of sulfonamides is 1. The molecule has 126 valence electrons. The van der Waals surface area contributed by atoms with Gasteiger partial charge in [-0.25, -0.2) is 18.1 Å². The van der Waals surface area contributed by atoms with Crippen molar-refractivity contribution < 1.29 is 8.42 Å². The Hall–Kier alpha value is -1.44. The summed E-state index contributed by atoms with van der Waals surface area (Å²) in [6, 6.07) is 8.22. The van der Waals surface area contributed by atoms with E-state index in [9.17, 15) is 8.42 Å². The number of imidazole rings is 1. The number of hydrogen-bond donors (Lipinski definition) is 1. The zero-order valence-corrected chi connectivity index (χ0v) is 14.5. The highest BCUT2D eigenvalue weighted by molar-refractivity contribution is 7.88. The quantitative estimate of drug-likeness (QED) is 0.866. The molecule has 1 atom stereocenters. The molecule has 0 bridgehead atoms. The molecule has 2 heterocycles. The van der Waals surface area contributed by atoms with Crippen LogP contribution in [-0.4, -0.2) is 48.8 Å². The van der Waals surface area contributed by atoms with Crippen molar-refractivity contribution in [1.82, 2.24) is 19.2 Å². The lowest BCUT2D eigenvalue weighted by Crippen LogP contribution is -2.30. The van der Waals surface area contributed by atoms with Crippen molar-refractivity contribution in [2.75, 3.05) is 25.9 Å². The number of nitrogens with one attached hydrogen (secondary N) is 1. The topological polar surface area (TPSA) is 67.2 Å². The van der Waals surface area contributed by atoms with Gasteiger partial charge in [-0.2, -0.15) is 0 Å². The maximum atomic E-state index is 11.2. The van der Waals surface area contributed by atoms with E-state index in [0.29, 0.717) is 12.5 Å². The highest BCUT2D eigenvalue weighted by Crippen LogP contribution is 2.21. The van der Waals surface area contributed by atoms with E-state index in [1.165, 1.54) is 11.8 Å². The van der Waals surface area contributed by atoms with E-state index < -0.39 is 10.0 Å². The molecule has 1 fully saturated rings. The average Bonchev–Trinajstić information content (AvgIpc) is 3.08. The summed E-state index contributed by atoms with van der Waals surface area (Å²) in [7, 11) is -3.10. The second-order valence-electron chi connectivity index (χ2n) is 6.27. The fourth-order valence-corrected chi connectivity index (χ4v) is 3.83. The monoisotopic (exact) mass is 336 g/mol. The third-order valence-corrected chi connectivity index (χ3v) is 5.11. The lowest BCUT2D eigenvalue weighted by atomic mass is 10.1. The molecule has 3 rings (SSSR count). The van der Waals surface area contributed by atoms with E-state index in [-0.39, 0.29) is 0 Å². The van der Waals surface area contributed by atoms with Crippen molar-refractivity contribution in [2.24, 2.45) is 5.92 Å². The molecule has 0 spiro atoms. The van der Waals surface area contributed by atoms with E-state index in [2.05, 4.69) is 27.2 Å². The molecule has 6 nitrogen and oxygen atoms in total. The Morgan fingerprint density at radius 1 is 1.35 bits per heavy atom. The van der Waals surface area contributed by atoms with Crippen LogP contribution in [0.4, 0.5) is 0 Å². The van der Waals surface area contributed by atoms with Crippen LogP contribution in [0.15, 0.2) is 24.3 Å². The maximum Gasteiger partial charge on any atom is 0.208 e. The Labute approximate surface area is 137 Å². The molecule has 1 saturated heterocycles. The number of nitrogens with zero attached hydrogens (tertiary/aromatic N) is 3. The van der Waals surface area contributed by atoms with Gasteiger partial charge in [-0.3, -0.25) is 4.90 Å². The first-order valence-corrected chi connectivity index (χ1v) is 9.96. The van der Waals surface area contributed by atoms with Crippen molar-refractivity contribution in [2.45, 2.75) is 26.4 Å². The molecule has 0 aliphatic carbocycles. The number of rotatable bonds is 6. The van der Waals surface area contributed by atoms with Crippen LogP contribution in [0.2, 0.25) is 0 Å². The molecule has 1 aliphatic heterocycles. The summed E-state index contributed by atoms with van der Waals surface area (Å²) >= 11 is 0. The predicted octanol–water partition coefficient (Wildman–Crippen LogP) is 1.43. The van der Waals surface area contributed by atoms with Gasteiger partial charge >= 0.3 is 0 Å². The van der Waals surface area contributed by atoms with E-state index in [0.717, 1.165) is 43.9 Å². The Balaban J connectivity index is 1.66. The minimum absolute atomic E-state index is 0.379. The van der Waals surface area contributed by atoms with Crippen molar-refractivity contribution in [3.63, 3.8) is 0 Å². The minimum atomic E-state index is -3.10. The molecule has 23 heavy (non-hydrogen) atoms. The molecule has 1 aromatic heterocycles. The molecular formula is C16H24N4O2S. The highest BCUT2D eigenvalue weighted by Gasteiger charge is 2.24. The number of hydrogen-bond acceptors (Lipinski definition) is 4. The summed E-state index contributed by atoms with van der Waals surface area (Å²) < 4.78 is 27.3. The van der Waals surface area contributed by atoms with Gasteiger partial charge in [0.05, 0.1) is 23.8 Å². The largest absolute Gasteiger partial charge is 0.327 e. The van der Waals surface area contributed by atoms with E-state index in [1.54, 1.807) is 0 Å². The molecule has 0 amide bonds. The predicted molar refractivity (Wildman–Crippen MR) is 91.6 cm³/mol. The van der Waals surface area contributed by atoms with Gasteiger partial charge in [0.1, 0.15) is 5.82 Å². The summed E-state index contributed by atoms with van der Waals surface area (Å²) in [4.78, 5) is 7.13. The molecule has 7 heteroatoms. The van der Waals surface area contributed by atoms with E-state index >= 15 is 0 Å². The molecular weight excluding hydrogens is 312 g/mol. The van der Waals surface area contributed by atoms with Crippen molar-refractivity contribution >= 4 is 21.1 Å². The molecule has 0 unspecified atom stereocenters. The minimum Gasteiger partial charge on any atom is -0.327 e. The Bertz CT molecular complexity index is 784. The first-order valence-electron chi connectivity index (χ1n) is 8.07. The number of likely N-dealkylation sites (tertiary alicyclic amines) is 1. The molecule has 2 aromatic rings. The van der Waals surface area contributed by atoms with Crippen molar-refractivity contribution in [3.8, 4) is 0 Å². The van der Waals surface area contributed by atoms with Crippen LogP contribution in [0, 0.1) is 5.92 Å². The Morgan fingerprint density at radius 3 is 2.87 bits per heavy atom. The number of aryl methyl sites for hydroxylation is 1. The first kappa shape index (κ1) is 16.4. The smallest absolute Gasteiger partial charge is 0.208 e. The van der Waals surface area contributed by atoms with Gasteiger partial charge < -0.3 is 4.57 Å². The maximum absolute atomic E-state index is 11.2. The van der Waals surface area contributed by atoms with E-state index in [4.69, 9.17) is 4.98 Å². The summed E-state index contributed by atoms with van der Waals surface area (Å²) in [5.41, 5.74) is 2.22. The van der Waals surface area contributed by atoms with Crippen LogP contribution in [0.25, 0.3) is 11.0 Å². The molecule has 1 aromatic carbocycles. The number of para-hydroxylation sites is 2. The number of fused-ring (bicyclic) bond motifs is 1. The van der Waals surface area contributed by atoms with Gasteiger partial charge in [-0.1, -0.05) is 12.1 Å². The lowest BCUT2D eigenvalue weighted by molar-refractivity contribution is 0.304. The van der Waals surface area contributed by atoms with Crippen LogP contribution in [0.5, 0.6) is 0 Å². The van der Waals surface area contributed by atoms with Gasteiger partial charge in [-0.05, 0) is 37.9 Å². The van der Waals surface area contributed by atoms with Crippen molar-refractivity contribution in [3.05, 3.63) is 30.1 Å². The summed E-state index contributed by atoms with van der Waals surface area (Å²) in [6.45, 7) is 6.29. The number of aromatic nitrogens is 2. The lowest BCUT2D eigenvalue weighted by Gasteiger charge is -2.16. The number of benzene rings is 1. The highest BCUT2D eigenvalue weighted by atomic mass is 32.2. The van der Waals surface area contributed by atoms with Crippen LogP contribution in [-0.2, 0) is 23.1 Å². The van der Waals surface area contributed by atoms with Gasteiger partial charge in [0.2, 0.25) is 10.0 Å². The zero-order valence-electron chi connectivity index (χ0n) is 13.7. The first-order chi connectivity index (χ1) is 11.0. The van der Waals surface area contributed by atoms with Crippen LogP contribution in [0.1, 0.15) is 19.2 Å². The summed E-state index contributed by atoms with van der Waals surface area (Å²) in [5, 5.41) is 0. The summed E-state index contributed by atoms with van der Waals surface area (Å²) in [5.74, 6) is 1.47. The fourth-order valence-electron chi connectivity index (χ4n) is 3.29. The van der Waals surface area contributed by atoms with Gasteiger partial charge in [0.15, 0.2) is 0 Å². The Morgan fingerprint density at radius 2 is 2.13 bits per heavy atom. The Kier molecular flexibility index (Phi) is 4.70. The van der Waals surface area contributed by atoms with Gasteiger partial charge in [0.25, 0.3) is 0 Å². The molecule has 0 saturated carbocycles. The SMILES string of the molecule is CCn1c(CN2CC[C@H](CNS(C)(=O)=O)C2)nc2ccccc21. The average molecular weight is 336 g/mol. The van der Waals surface area contributed by atoms with Crippen molar-refractivity contribution in [1.29, 1.82) is 0 Å². The van der Waals surface area contributed by atoms with E-state index in [1.807, 2.05) is 18.2 Å². The normalized spacial score (nSPS) is 19.7.